The van der Waals surface area contributed by atoms with Crippen LogP contribution in [0.3, 0.4) is 0 Å². The van der Waals surface area contributed by atoms with Crippen LogP contribution in [-0.2, 0) is 10.0 Å². The molecule has 0 aliphatic carbocycles. The number of nitrogens with zero attached hydrogens (tertiary/aromatic N) is 3. The Balaban J connectivity index is 1.78. The first-order valence-corrected chi connectivity index (χ1v) is 9.54. The maximum atomic E-state index is 12.2. The van der Waals surface area contributed by atoms with Crippen molar-refractivity contribution in [3.8, 4) is 0 Å². The van der Waals surface area contributed by atoms with E-state index in [1.807, 2.05) is 42.3 Å². The third-order valence-corrected chi connectivity index (χ3v) is 6.27. The van der Waals surface area contributed by atoms with Gasteiger partial charge in [0.1, 0.15) is 4.21 Å². The molecule has 2 aromatic heterocycles. The molecule has 0 spiro atoms. The minimum Gasteiger partial charge on any atom is -0.328 e. The number of sulfonamides is 1. The minimum absolute atomic E-state index is 0.125. The molecule has 2 heterocycles. The Hall–Kier alpha value is -2.16. The largest absolute Gasteiger partial charge is 0.328 e. The van der Waals surface area contributed by atoms with Gasteiger partial charge in [-0.1, -0.05) is 29.8 Å². The van der Waals surface area contributed by atoms with E-state index in [2.05, 4.69) is 14.9 Å². The topological polar surface area (TPSA) is 75.2 Å². The van der Waals surface area contributed by atoms with Crippen molar-refractivity contribution < 1.29 is 8.42 Å². The molecular formula is C15H13ClN4O2S2. The van der Waals surface area contributed by atoms with Gasteiger partial charge in [-0.3, -0.25) is 4.72 Å². The summed E-state index contributed by atoms with van der Waals surface area (Å²) in [4.78, 5) is 1.85. The number of thiophene rings is 1. The van der Waals surface area contributed by atoms with Crippen LogP contribution in [0.25, 0.3) is 0 Å². The van der Waals surface area contributed by atoms with Crippen LogP contribution in [0.1, 0.15) is 0 Å². The van der Waals surface area contributed by atoms with Crippen molar-refractivity contribution in [3.63, 3.8) is 0 Å². The van der Waals surface area contributed by atoms with Gasteiger partial charge in [0.25, 0.3) is 10.0 Å². The van der Waals surface area contributed by atoms with Crippen LogP contribution in [0.5, 0.6) is 0 Å². The number of rotatable bonds is 5. The highest BCUT2D eigenvalue weighted by molar-refractivity contribution is 7.94. The third kappa shape index (κ3) is 3.66. The Bertz CT molecular complexity index is 928. The molecule has 9 heteroatoms. The zero-order chi connectivity index (χ0) is 17.2. The molecule has 0 saturated heterocycles. The molecule has 1 N–H and O–H groups in total. The van der Waals surface area contributed by atoms with Gasteiger partial charge in [-0.15, -0.1) is 21.5 Å². The first-order chi connectivity index (χ1) is 11.5. The summed E-state index contributed by atoms with van der Waals surface area (Å²) in [5.41, 5.74) is 0.952. The van der Waals surface area contributed by atoms with Crippen LogP contribution in [0.4, 0.5) is 17.3 Å². The van der Waals surface area contributed by atoms with Crippen LogP contribution in [0.15, 0.2) is 58.8 Å². The van der Waals surface area contributed by atoms with Crippen molar-refractivity contribution in [1.29, 1.82) is 0 Å². The molecule has 0 bridgehead atoms. The maximum absolute atomic E-state index is 12.2. The average molecular weight is 381 g/mol. The second-order valence-electron chi connectivity index (χ2n) is 4.84. The van der Waals surface area contributed by atoms with Gasteiger partial charge in [0.15, 0.2) is 11.6 Å². The Morgan fingerprint density at radius 3 is 2.38 bits per heavy atom. The fraction of sp³-hybridized carbons (Fsp3) is 0.0667. The molecule has 24 heavy (non-hydrogen) atoms. The van der Waals surface area contributed by atoms with Gasteiger partial charge in [0.2, 0.25) is 0 Å². The number of nitrogens with one attached hydrogen (secondary N) is 1. The van der Waals surface area contributed by atoms with Gasteiger partial charge in [0, 0.05) is 12.7 Å². The van der Waals surface area contributed by atoms with Crippen molar-refractivity contribution in [2.75, 3.05) is 16.7 Å². The fourth-order valence-corrected chi connectivity index (χ4v) is 4.45. The van der Waals surface area contributed by atoms with Crippen LogP contribution in [0, 0.1) is 0 Å². The first kappa shape index (κ1) is 16.7. The van der Waals surface area contributed by atoms with E-state index in [-0.39, 0.29) is 10.0 Å². The van der Waals surface area contributed by atoms with E-state index in [1.54, 1.807) is 12.1 Å². The zero-order valence-corrected chi connectivity index (χ0v) is 14.9. The Kier molecular flexibility index (Phi) is 4.70. The molecule has 0 fully saturated rings. The van der Waals surface area contributed by atoms with Gasteiger partial charge in [-0.05, 0) is 36.4 Å². The number of halogens is 1. The molecule has 0 atom stereocenters. The fourth-order valence-electron chi connectivity index (χ4n) is 1.97. The molecule has 0 radical (unpaired) electrons. The van der Waals surface area contributed by atoms with E-state index in [4.69, 9.17) is 11.6 Å². The number of hydrogen-bond acceptors (Lipinski definition) is 6. The zero-order valence-electron chi connectivity index (χ0n) is 12.5. The summed E-state index contributed by atoms with van der Waals surface area (Å²) in [6, 6.07) is 15.9. The number of benzene rings is 1. The lowest BCUT2D eigenvalue weighted by atomic mass is 10.3. The Morgan fingerprint density at radius 2 is 1.79 bits per heavy atom. The predicted molar refractivity (Wildman–Crippen MR) is 96.7 cm³/mol. The lowest BCUT2D eigenvalue weighted by molar-refractivity contribution is 0.603. The van der Waals surface area contributed by atoms with E-state index < -0.39 is 10.0 Å². The molecule has 3 aromatic rings. The van der Waals surface area contributed by atoms with Crippen molar-refractivity contribution in [3.05, 3.63) is 58.9 Å². The lowest BCUT2D eigenvalue weighted by Crippen LogP contribution is -2.15. The summed E-state index contributed by atoms with van der Waals surface area (Å²) in [5, 5.41) is 8.00. The molecule has 124 valence electrons. The van der Waals surface area contributed by atoms with Crippen LogP contribution < -0.4 is 9.62 Å². The third-order valence-electron chi connectivity index (χ3n) is 3.19. The van der Waals surface area contributed by atoms with Crippen molar-refractivity contribution >= 4 is 50.3 Å². The summed E-state index contributed by atoms with van der Waals surface area (Å²) >= 11 is 6.75. The average Bonchev–Trinajstić information content (AvgIpc) is 3.03. The van der Waals surface area contributed by atoms with Gasteiger partial charge in [0.05, 0.1) is 4.34 Å². The van der Waals surface area contributed by atoms with Crippen LogP contribution in [-0.4, -0.2) is 25.7 Å². The second-order valence-corrected chi connectivity index (χ2v) is 8.46. The van der Waals surface area contributed by atoms with Crippen molar-refractivity contribution in [2.45, 2.75) is 4.21 Å². The normalized spacial score (nSPS) is 11.2. The Labute approximate surface area is 148 Å². The number of aromatic nitrogens is 2. The lowest BCUT2D eigenvalue weighted by Gasteiger charge is -2.17. The molecule has 3 rings (SSSR count). The quantitative estimate of drug-likeness (QED) is 0.729. The highest BCUT2D eigenvalue weighted by Crippen LogP contribution is 2.27. The molecule has 1 aromatic carbocycles. The summed E-state index contributed by atoms with van der Waals surface area (Å²) in [6.07, 6.45) is 0. The molecule has 0 aliphatic heterocycles. The SMILES string of the molecule is CN(c1ccccc1)c1ccc(NS(=O)(=O)c2ccc(Cl)s2)nn1. The van der Waals surface area contributed by atoms with Crippen LogP contribution >= 0.6 is 22.9 Å². The van der Waals surface area contributed by atoms with E-state index in [0.29, 0.717) is 10.2 Å². The van der Waals surface area contributed by atoms with Crippen molar-refractivity contribution in [2.24, 2.45) is 0 Å². The number of anilines is 3. The highest BCUT2D eigenvalue weighted by atomic mass is 35.5. The molecule has 0 amide bonds. The van der Waals surface area contributed by atoms with Gasteiger partial charge >= 0.3 is 0 Å². The molecule has 0 unspecified atom stereocenters. The minimum atomic E-state index is -3.71. The van der Waals surface area contributed by atoms with E-state index in [9.17, 15) is 8.42 Å². The summed E-state index contributed by atoms with van der Waals surface area (Å²) < 4.78 is 27.3. The van der Waals surface area contributed by atoms with Gasteiger partial charge in [-0.2, -0.15) is 0 Å². The van der Waals surface area contributed by atoms with Gasteiger partial charge < -0.3 is 4.90 Å². The van der Waals surface area contributed by atoms with E-state index in [0.717, 1.165) is 17.0 Å². The predicted octanol–water partition coefficient (Wildman–Crippen LogP) is 3.76. The van der Waals surface area contributed by atoms with Gasteiger partial charge in [-0.25, -0.2) is 8.42 Å². The van der Waals surface area contributed by atoms with E-state index >= 15 is 0 Å². The first-order valence-electron chi connectivity index (χ1n) is 6.86. The van der Waals surface area contributed by atoms with Crippen molar-refractivity contribution in [1.82, 2.24) is 10.2 Å². The summed E-state index contributed by atoms with van der Waals surface area (Å²) in [5.74, 6) is 0.744. The second kappa shape index (κ2) is 6.76. The summed E-state index contributed by atoms with van der Waals surface area (Å²) in [6.45, 7) is 0. The number of para-hydroxylation sites is 1. The van der Waals surface area contributed by atoms with Crippen LogP contribution in [0.2, 0.25) is 4.34 Å². The van der Waals surface area contributed by atoms with E-state index in [1.165, 1.54) is 12.1 Å². The highest BCUT2D eigenvalue weighted by Gasteiger charge is 2.17. The summed E-state index contributed by atoms with van der Waals surface area (Å²) in [7, 11) is -1.85. The molecule has 6 nitrogen and oxygen atoms in total. The monoisotopic (exact) mass is 380 g/mol. The maximum Gasteiger partial charge on any atom is 0.272 e. The smallest absolute Gasteiger partial charge is 0.272 e. The molecule has 0 aliphatic rings. The number of hydrogen-bond donors (Lipinski definition) is 1. The Morgan fingerprint density at radius 1 is 1.04 bits per heavy atom. The molecular weight excluding hydrogens is 368 g/mol. The standard InChI is InChI=1S/C15H13ClN4O2S2/c1-20(11-5-3-2-4-6-11)14-9-8-13(17-18-14)19-24(21,22)15-10-7-12(16)23-15/h2-10H,1H3,(H,17,19). The molecule has 0 saturated carbocycles.